The number of hydrogen-bond acceptors (Lipinski definition) is 2. The normalized spacial score (nSPS) is 12.2. The maximum absolute atomic E-state index is 13.9. The van der Waals surface area contributed by atoms with Crippen molar-refractivity contribution in [1.29, 1.82) is 0 Å². The summed E-state index contributed by atoms with van der Waals surface area (Å²) >= 11 is 3.36. The van der Waals surface area contributed by atoms with Crippen LogP contribution in [0.4, 0.5) is 8.78 Å². The molecule has 2 nitrogen and oxygen atoms in total. The van der Waals surface area contributed by atoms with E-state index in [1.807, 2.05) is 6.92 Å². The molecule has 0 aliphatic heterocycles. The summed E-state index contributed by atoms with van der Waals surface area (Å²) in [5, 5.41) is 3.28. The fourth-order valence-electron chi connectivity index (χ4n) is 2.21. The van der Waals surface area contributed by atoms with Crippen molar-refractivity contribution in [3.05, 3.63) is 63.6 Å². The van der Waals surface area contributed by atoms with Crippen LogP contribution in [-0.2, 0) is 0 Å². The van der Waals surface area contributed by atoms with Crippen LogP contribution in [0.2, 0.25) is 0 Å². The first-order chi connectivity index (χ1) is 10.1. The standard InChI is InChI=1S/C16H16BrF2NO/c1-3-20-16(12-6-5-11(18)9-13(12)17)10-4-7-15(21-2)14(19)8-10/h4-9,16,20H,3H2,1-2H3. The molecule has 0 aromatic heterocycles. The molecule has 0 aliphatic carbocycles. The zero-order chi connectivity index (χ0) is 15.4. The van der Waals surface area contributed by atoms with E-state index in [0.29, 0.717) is 11.0 Å². The second-order valence-electron chi connectivity index (χ2n) is 4.55. The Hall–Kier alpha value is -1.46. The van der Waals surface area contributed by atoms with E-state index in [4.69, 9.17) is 4.74 Å². The van der Waals surface area contributed by atoms with Crippen molar-refractivity contribution in [3.8, 4) is 5.75 Å². The molecule has 21 heavy (non-hydrogen) atoms. The summed E-state index contributed by atoms with van der Waals surface area (Å²) < 4.78 is 32.7. The molecule has 0 saturated heterocycles. The van der Waals surface area contributed by atoms with Crippen molar-refractivity contribution in [3.63, 3.8) is 0 Å². The van der Waals surface area contributed by atoms with E-state index in [0.717, 1.165) is 11.1 Å². The molecule has 1 unspecified atom stereocenters. The van der Waals surface area contributed by atoms with Gasteiger partial charge in [0.05, 0.1) is 13.2 Å². The molecule has 1 atom stereocenters. The van der Waals surface area contributed by atoms with E-state index < -0.39 is 5.82 Å². The minimum atomic E-state index is -0.420. The lowest BCUT2D eigenvalue weighted by atomic mass is 9.98. The SMILES string of the molecule is CCNC(c1ccc(OC)c(F)c1)c1ccc(F)cc1Br. The Morgan fingerprint density at radius 1 is 1.19 bits per heavy atom. The molecule has 0 amide bonds. The fourth-order valence-corrected chi connectivity index (χ4v) is 2.79. The van der Waals surface area contributed by atoms with Crippen LogP contribution in [0.25, 0.3) is 0 Å². The minimum absolute atomic E-state index is 0.201. The molecular weight excluding hydrogens is 340 g/mol. The summed E-state index contributed by atoms with van der Waals surface area (Å²) in [7, 11) is 1.43. The highest BCUT2D eigenvalue weighted by atomic mass is 79.9. The summed E-state index contributed by atoms with van der Waals surface area (Å²) in [6.07, 6.45) is 0. The van der Waals surface area contributed by atoms with Gasteiger partial charge in [-0.1, -0.05) is 35.0 Å². The van der Waals surface area contributed by atoms with Crippen LogP contribution in [0.15, 0.2) is 40.9 Å². The lowest BCUT2D eigenvalue weighted by molar-refractivity contribution is 0.385. The molecule has 2 aromatic carbocycles. The minimum Gasteiger partial charge on any atom is -0.494 e. The molecule has 0 heterocycles. The van der Waals surface area contributed by atoms with E-state index in [9.17, 15) is 8.78 Å². The number of rotatable bonds is 5. The molecule has 2 rings (SSSR count). The van der Waals surface area contributed by atoms with E-state index >= 15 is 0 Å². The average Bonchev–Trinajstić information content (AvgIpc) is 2.45. The quantitative estimate of drug-likeness (QED) is 0.856. The van der Waals surface area contributed by atoms with Gasteiger partial charge in [-0.05, 0) is 41.9 Å². The topological polar surface area (TPSA) is 21.3 Å². The van der Waals surface area contributed by atoms with Gasteiger partial charge in [0.1, 0.15) is 5.82 Å². The van der Waals surface area contributed by atoms with Crippen molar-refractivity contribution >= 4 is 15.9 Å². The van der Waals surface area contributed by atoms with E-state index in [1.54, 1.807) is 18.2 Å². The van der Waals surface area contributed by atoms with Crippen molar-refractivity contribution < 1.29 is 13.5 Å². The highest BCUT2D eigenvalue weighted by Crippen LogP contribution is 2.31. The van der Waals surface area contributed by atoms with Crippen LogP contribution in [-0.4, -0.2) is 13.7 Å². The van der Waals surface area contributed by atoms with Gasteiger partial charge < -0.3 is 10.1 Å². The Morgan fingerprint density at radius 2 is 1.95 bits per heavy atom. The number of hydrogen-bond donors (Lipinski definition) is 1. The number of benzene rings is 2. The predicted molar refractivity (Wildman–Crippen MR) is 82.6 cm³/mol. The summed E-state index contributed by atoms with van der Waals surface area (Å²) in [6.45, 7) is 2.66. The third-order valence-corrected chi connectivity index (χ3v) is 3.88. The Morgan fingerprint density at radius 3 is 2.52 bits per heavy atom. The van der Waals surface area contributed by atoms with Crippen LogP contribution >= 0.6 is 15.9 Å². The molecular formula is C16H16BrF2NO. The summed E-state index contributed by atoms with van der Waals surface area (Å²) in [6, 6.07) is 9.07. The van der Waals surface area contributed by atoms with Gasteiger partial charge in [0.25, 0.3) is 0 Å². The van der Waals surface area contributed by atoms with E-state index in [2.05, 4.69) is 21.2 Å². The van der Waals surface area contributed by atoms with Crippen molar-refractivity contribution in [1.82, 2.24) is 5.32 Å². The van der Waals surface area contributed by atoms with Gasteiger partial charge in [-0.2, -0.15) is 0 Å². The van der Waals surface area contributed by atoms with Gasteiger partial charge in [-0.25, -0.2) is 8.78 Å². The molecule has 0 bridgehead atoms. The molecule has 0 fully saturated rings. The van der Waals surface area contributed by atoms with Gasteiger partial charge in [-0.3, -0.25) is 0 Å². The molecule has 0 radical (unpaired) electrons. The second-order valence-corrected chi connectivity index (χ2v) is 5.40. The number of nitrogens with one attached hydrogen (secondary N) is 1. The lowest BCUT2D eigenvalue weighted by Gasteiger charge is -2.21. The highest BCUT2D eigenvalue weighted by molar-refractivity contribution is 9.10. The molecule has 2 aromatic rings. The number of methoxy groups -OCH3 is 1. The van der Waals surface area contributed by atoms with Crippen LogP contribution in [0.3, 0.4) is 0 Å². The Labute approximate surface area is 131 Å². The van der Waals surface area contributed by atoms with Gasteiger partial charge >= 0.3 is 0 Å². The molecule has 112 valence electrons. The smallest absolute Gasteiger partial charge is 0.165 e. The van der Waals surface area contributed by atoms with E-state index in [1.165, 1.54) is 25.3 Å². The molecule has 5 heteroatoms. The van der Waals surface area contributed by atoms with Crippen LogP contribution < -0.4 is 10.1 Å². The maximum Gasteiger partial charge on any atom is 0.165 e. The average molecular weight is 356 g/mol. The van der Waals surface area contributed by atoms with Crippen molar-refractivity contribution in [2.45, 2.75) is 13.0 Å². The highest BCUT2D eigenvalue weighted by Gasteiger charge is 2.18. The first kappa shape index (κ1) is 15.9. The number of ether oxygens (including phenoxy) is 1. The van der Waals surface area contributed by atoms with Crippen molar-refractivity contribution in [2.24, 2.45) is 0 Å². The fraction of sp³-hybridized carbons (Fsp3) is 0.250. The summed E-state index contributed by atoms with van der Waals surface area (Å²) in [5.74, 6) is -0.537. The van der Waals surface area contributed by atoms with Gasteiger partial charge in [0.15, 0.2) is 11.6 Å². The van der Waals surface area contributed by atoms with Gasteiger partial charge in [-0.15, -0.1) is 0 Å². The van der Waals surface area contributed by atoms with Crippen molar-refractivity contribution in [2.75, 3.05) is 13.7 Å². The van der Waals surface area contributed by atoms with Gasteiger partial charge in [0, 0.05) is 4.47 Å². The van der Waals surface area contributed by atoms with Crippen LogP contribution in [0, 0.1) is 11.6 Å². The van der Waals surface area contributed by atoms with E-state index in [-0.39, 0.29) is 17.6 Å². The first-order valence-corrected chi connectivity index (χ1v) is 7.38. The third kappa shape index (κ3) is 3.60. The largest absolute Gasteiger partial charge is 0.494 e. The zero-order valence-corrected chi connectivity index (χ0v) is 13.4. The third-order valence-electron chi connectivity index (χ3n) is 3.19. The van der Waals surface area contributed by atoms with Crippen LogP contribution in [0.5, 0.6) is 5.75 Å². The predicted octanol–water partition coefficient (Wildman–Crippen LogP) is 4.43. The van der Waals surface area contributed by atoms with Crippen LogP contribution in [0.1, 0.15) is 24.1 Å². The Balaban J connectivity index is 2.45. The Bertz CT molecular complexity index is 634. The summed E-state index contributed by atoms with van der Waals surface area (Å²) in [4.78, 5) is 0. The maximum atomic E-state index is 13.9. The lowest BCUT2D eigenvalue weighted by Crippen LogP contribution is -2.22. The molecule has 0 saturated carbocycles. The second kappa shape index (κ2) is 7.00. The number of halogens is 3. The summed E-state index contributed by atoms with van der Waals surface area (Å²) in [5.41, 5.74) is 1.60. The monoisotopic (exact) mass is 355 g/mol. The first-order valence-electron chi connectivity index (χ1n) is 6.58. The molecule has 0 spiro atoms. The zero-order valence-electron chi connectivity index (χ0n) is 11.8. The molecule has 0 aliphatic rings. The van der Waals surface area contributed by atoms with Gasteiger partial charge in [0.2, 0.25) is 0 Å². The molecule has 1 N–H and O–H groups in total. The Kier molecular flexibility index (Phi) is 5.31.